The van der Waals surface area contributed by atoms with Crippen LogP contribution in [0.5, 0.6) is 0 Å². The molecule has 0 saturated carbocycles. The molecule has 1 unspecified atom stereocenters. The SMILES string of the molecule is CCN(CC)C(CNC(=O)CCc1ccc(S(=O)(=O)N(CC)CC)cc1)c1ccccc1. The van der Waals surface area contributed by atoms with Crippen molar-refractivity contribution in [2.24, 2.45) is 0 Å². The monoisotopic (exact) mass is 459 g/mol. The second-order valence-electron chi connectivity index (χ2n) is 7.69. The Morgan fingerprint density at radius 2 is 1.47 bits per heavy atom. The molecule has 0 fully saturated rings. The quantitative estimate of drug-likeness (QED) is 0.494. The van der Waals surface area contributed by atoms with Gasteiger partial charge in [0, 0.05) is 26.1 Å². The van der Waals surface area contributed by atoms with Crippen LogP contribution in [0.25, 0.3) is 0 Å². The van der Waals surface area contributed by atoms with Gasteiger partial charge >= 0.3 is 0 Å². The van der Waals surface area contributed by atoms with Gasteiger partial charge in [0.2, 0.25) is 15.9 Å². The maximum Gasteiger partial charge on any atom is 0.243 e. The Morgan fingerprint density at radius 1 is 0.875 bits per heavy atom. The first-order valence-electron chi connectivity index (χ1n) is 11.5. The average Bonchev–Trinajstić information content (AvgIpc) is 2.81. The van der Waals surface area contributed by atoms with Crippen molar-refractivity contribution in [2.75, 3.05) is 32.7 Å². The zero-order chi connectivity index (χ0) is 23.6. The topological polar surface area (TPSA) is 69.7 Å². The van der Waals surface area contributed by atoms with Crippen LogP contribution in [0.1, 0.15) is 51.3 Å². The molecule has 2 aromatic rings. The Labute approximate surface area is 193 Å². The van der Waals surface area contributed by atoms with Gasteiger partial charge in [0.25, 0.3) is 0 Å². The van der Waals surface area contributed by atoms with E-state index in [0.29, 0.717) is 37.4 Å². The Morgan fingerprint density at radius 3 is 2.00 bits per heavy atom. The van der Waals surface area contributed by atoms with Crippen molar-refractivity contribution < 1.29 is 13.2 Å². The normalized spacial score (nSPS) is 12.8. The van der Waals surface area contributed by atoms with Crippen molar-refractivity contribution in [3.63, 3.8) is 0 Å². The fourth-order valence-electron chi connectivity index (χ4n) is 3.89. The Kier molecular flexibility index (Phi) is 10.4. The van der Waals surface area contributed by atoms with Crippen LogP contribution < -0.4 is 5.32 Å². The van der Waals surface area contributed by atoms with Crippen LogP contribution in [0.3, 0.4) is 0 Å². The van der Waals surface area contributed by atoms with Crippen LogP contribution in [0.4, 0.5) is 0 Å². The summed E-state index contributed by atoms with van der Waals surface area (Å²) < 4.78 is 26.6. The highest BCUT2D eigenvalue weighted by molar-refractivity contribution is 7.89. The van der Waals surface area contributed by atoms with E-state index in [1.54, 1.807) is 24.3 Å². The van der Waals surface area contributed by atoms with Crippen LogP contribution in [0, 0.1) is 0 Å². The number of likely N-dealkylation sites (N-methyl/N-ethyl adjacent to an activating group) is 1. The summed E-state index contributed by atoms with van der Waals surface area (Å²) in [5.41, 5.74) is 2.14. The van der Waals surface area contributed by atoms with Crippen LogP contribution in [0.15, 0.2) is 59.5 Å². The molecule has 7 heteroatoms. The first kappa shape index (κ1) is 26.0. The lowest BCUT2D eigenvalue weighted by Gasteiger charge is -2.30. The minimum atomic E-state index is -3.46. The summed E-state index contributed by atoms with van der Waals surface area (Å²) >= 11 is 0. The highest BCUT2D eigenvalue weighted by Crippen LogP contribution is 2.20. The van der Waals surface area contributed by atoms with E-state index < -0.39 is 10.0 Å². The molecular formula is C25H37N3O3S. The number of amides is 1. The molecule has 1 N–H and O–H groups in total. The summed E-state index contributed by atoms with van der Waals surface area (Å²) in [4.78, 5) is 15.1. The van der Waals surface area contributed by atoms with Gasteiger partial charge in [0.15, 0.2) is 0 Å². The van der Waals surface area contributed by atoms with E-state index in [9.17, 15) is 13.2 Å². The summed E-state index contributed by atoms with van der Waals surface area (Å²) in [6.07, 6.45) is 0.931. The van der Waals surface area contributed by atoms with Crippen LogP contribution >= 0.6 is 0 Å². The number of nitrogens with zero attached hydrogens (tertiary/aromatic N) is 2. The molecule has 0 radical (unpaired) electrons. The summed E-state index contributed by atoms with van der Waals surface area (Å²) in [7, 11) is -3.46. The van der Waals surface area contributed by atoms with E-state index >= 15 is 0 Å². The second-order valence-corrected chi connectivity index (χ2v) is 9.62. The predicted molar refractivity (Wildman–Crippen MR) is 130 cm³/mol. The van der Waals surface area contributed by atoms with Gasteiger partial charge in [-0.1, -0.05) is 70.2 Å². The zero-order valence-corrected chi connectivity index (χ0v) is 20.6. The van der Waals surface area contributed by atoms with E-state index in [1.165, 1.54) is 9.87 Å². The van der Waals surface area contributed by atoms with Crippen molar-refractivity contribution in [2.45, 2.75) is 51.5 Å². The van der Waals surface area contributed by atoms with Gasteiger partial charge in [-0.25, -0.2) is 8.42 Å². The number of aryl methyl sites for hydroxylation is 1. The highest BCUT2D eigenvalue weighted by atomic mass is 32.2. The van der Waals surface area contributed by atoms with Gasteiger partial charge in [-0.3, -0.25) is 9.69 Å². The van der Waals surface area contributed by atoms with Gasteiger partial charge in [0.05, 0.1) is 10.9 Å². The molecule has 176 valence electrons. The summed E-state index contributed by atoms with van der Waals surface area (Å²) in [6.45, 7) is 11.2. The molecule has 32 heavy (non-hydrogen) atoms. The van der Waals surface area contributed by atoms with Crippen molar-refractivity contribution in [3.8, 4) is 0 Å². The fraction of sp³-hybridized carbons (Fsp3) is 0.480. The summed E-state index contributed by atoms with van der Waals surface area (Å²) in [5, 5.41) is 3.08. The minimum absolute atomic E-state index is 0.00192. The number of carbonyl (C=O) groups is 1. The third-order valence-corrected chi connectivity index (χ3v) is 7.90. The van der Waals surface area contributed by atoms with Crippen LogP contribution in [-0.4, -0.2) is 56.3 Å². The van der Waals surface area contributed by atoms with Gasteiger partial charge in [-0.05, 0) is 42.8 Å². The number of nitrogens with one attached hydrogen (secondary N) is 1. The summed E-state index contributed by atoms with van der Waals surface area (Å²) in [5.74, 6) is -0.00192. The lowest BCUT2D eigenvalue weighted by molar-refractivity contribution is -0.121. The van der Waals surface area contributed by atoms with E-state index in [-0.39, 0.29) is 11.9 Å². The zero-order valence-electron chi connectivity index (χ0n) is 19.8. The largest absolute Gasteiger partial charge is 0.354 e. The van der Waals surface area contributed by atoms with E-state index in [4.69, 9.17) is 0 Å². The molecule has 6 nitrogen and oxygen atoms in total. The molecule has 0 heterocycles. The third-order valence-electron chi connectivity index (χ3n) is 5.84. The number of sulfonamides is 1. The van der Waals surface area contributed by atoms with Gasteiger partial charge in [-0.2, -0.15) is 4.31 Å². The molecule has 2 aromatic carbocycles. The average molecular weight is 460 g/mol. The maximum atomic E-state index is 12.6. The first-order valence-corrected chi connectivity index (χ1v) is 13.0. The predicted octanol–water partition coefficient (Wildman–Crippen LogP) is 3.85. The molecule has 1 atom stereocenters. The Hall–Kier alpha value is -2.22. The number of benzene rings is 2. The Balaban J connectivity index is 1.94. The van der Waals surface area contributed by atoms with Crippen LogP contribution in [0.2, 0.25) is 0 Å². The van der Waals surface area contributed by atoms with Crippen LogP contribution in [-0.2, 0) is 21.2 Å². The van der Waals surface area contributed by atoms with Crippen molar-refractivity contribution >= 4 is 15.9 Å². The number of rotatable bonds is 13. The maximum absolute atomic E-state index is 12.6. The van der Waals surface area contributed by atoms with Crippen molar-refractivity contribution in [1.82, 2.24) is 14.5 Å². The lowest BCUT2D eigenvalue weighted by Crippen LogP contribution is -2.38. The second kappa shape index (κ2) is 12.7. The standard InChI is InChI=1S/C25H37N3O3S/c1-5-27(6-2)24(22-12-10-9-11-13-22)20-26-25(29)19-16-21-14-17-23(18-15-21)32(30,31)28(7-3)8-4/h9-15,17-18,24H,5-8,16,19-20H2,1-4H3,(H,26,29). The number of hydrogen-bond donors (Lipinski definition) is 1. The Bertz CT molecular complexity index is 923. The van der Waals surface area contributed by atoms with E-state index in [2.05, 4.69) is 36.2 Å². The van der Waals surface area contributed by atoms with E-state index in [1.807, 2.05) is 32.0 Å². The molecule has 0 bridgehead atoms. The fourth-order valence-corrected chi connectivity index (χ4v) is 5.35. The number of carbonyl (C=O) groups excluding carboxylic acids is 1. The molecular weight excluding hydrogens is 422 g/mol. The molecule has 2 rings (SSSR count). The number of hydrogen-bond acceptors (Lipinski definition) is 4. The molecule has 0 aliphatic heterocycles. The lowest BCUT2D eigenvalue weighted by atomic mass is 10.0. The minimum Gasteiger partial charge on any atom is -0.354 e. The molecule has 0 aliphatic rings. The molecule has 0 aromatic heterocycles. The molecule has 0 saturated heterocycles. The van der Waals surface area contributed by atoms with Gasteiger partial charge < -0.3 is 5.32 Å². The van der Waals surface area contributed by atoms with Crippen molar-refractivity contribution in [3.05, 3.63) is 65.7 Å². The van der Waals surface area contributed by atoms with Gasteiger partial charge in [-0.15, -0.1) is 0 Å². The van der Waals surface area contributed by atoms with Crippen molar-refractivity contribution in [1.29, 1.82) is 0 Å². The third kappa shape index (κ3) is 6.89. The van der Waals surface area contributed by atoms with E-state index in [0.717, 1.165) is 18.7 Å². The molecule has 0 aliphatic carbocycles. The van der Waals surface area contributed by atoms with Gasteiger partial charge in [0.1, 0.15) is 0 Å². The first-order chi connectivity index (χ1) is 15.4. The molecule has 1 amide bonds. The summed E-state index contributed by atoms with van der Waals surface area (Å²) in [6, 6.07) is 17.2. The smallest absolute Gasteiger partial charge is 0.243 e. The molecule has 0 spiro atoms. The highest BCUT2D eigenvalue weighted by Gasteiger charge is 2.21.